The van der Waals surface area contributed by atoms with Gasteiger partial charge in [-0.15, -0.1) is 10.2 Å². The van der Waals surface area contributed by atoms with Crippen molar-refractivity contribution in [3.05, 3.63) is 46.8 Å². The Balaban J connectivity index is 2.07. The van der Waals surface area contributed by atoms with Crippen molar-refractivity contribution < 1.29 is 4.42 Å². The molecule has 2 aromatic carbocycles. The van der Waals surface area contributed by atoms with E-state index in [4.69, 9.17) is 10.2 Å². The highest BCUT2D eigenvalue weighted by molar-refractivity contribution is 9.10. The summed E-state index contributed by atoms with van der Waals surface area (Å²) in [5.41, 5.74) is 6.61. The third-order valence-corrected chi connectivity index (χ3v) is 3.37. The molecule has 1 heterocycles. The molecule has 19 heavy (non-hydrogen) atoms. The van der Waals surface area contributed by atoms with Gasteiger partial charge in [-0.3, -0.25) is 0 Å². The van der Waals surface area contributed by atoms with Crippen LogP contribution < -0.4 is 5.73 Å². The number of rotatable bonds is 2. The summed E-state index contributed by atoms with van der Waals surface area (Å²) in [6.07, 6.45) is 0. The molecule has 5 heteroatoms. The highest BCUT2D eigenvalue weighted by Gasteiger charge is 2.11. The second kappa shape index (κ2) is 4.75. The molecule has 0 fully saturated rings. The van der Waals surface area contributed by atoms with Crippen LogP contribution in [0, 0.1) is 0 Å². The van der Waals surface area contributed by atoms with Gasteiger partial charge in [0.1, 0.15) is 0 Å². The van der Waals surface area contributed by atoms with Crippen LogP contribution in [-0.4, -0.2) is 10.2 Å². The molecule has 0 aliphatic heterocycles. The van der Waals surface area contributed by atoms with Crippen LogP contribution in [0.5, 0.6) is 0 Å². The number of benzene rings is 2. The van der Waals surface area contributed by atoms with E-state index in [1.54, 1.807) is 0 Å². The van der Waals surface area contributed by atoms with Crippen LogP contribution >= 0.6 is 15.9 Å². The van der Waals surface area contributed by atoms with Crippen LogP contribution in [0.25, 0.3) is 22.2 Å². The quantitative estimate of drug-likeness (QED) is 0.783. The first-order chi connectivity index (χ1) is 9.13. The fraction of sp³-hybridized carbons (Fsp3) is 0.143. The van der Waals surface area contributed by atoms with Gasteiger partial charge in [0.05, 0.1) is 6.04 Å². The molecule has 0 aliphatic rings. The van der Waals surface area contributed by atoms with Gasteiger partial charge in [0, 0.05) is 10.0 Å². The molecule has 0 spiro atoms. The smallest absolute Gasteiger partial charge is 0.247 e. The predicted molar refractivity (Wildman–Crippen MR) is 77.5 cm³/mol. The maximum absolute atomic E-state index is 5.71. The zero-order chi connectivity index (χ0) is 13.4. The molecule has 0 saturated heterocycles. The van der Waals surface area contributed by atoms with Crippen molar-refractivity contribution >= 4 is 26.7 Å². The molecule has 2 N–H and O–H groups in total. The van der Waals surface area contributed by atoms with Gasteiger partial charge in [0.2, 0.25) is 11.8 Å². The second-order valence-electron chi connectivity index (χ2n) is 4.44. The molecular formula is C14H12BrN3O. The van der Waals surface area contributed by atoms with Crippen molar-refractivity contribution in [3.63, 3.8) is 0 Å². The van der Waals surface area contributed by atoms with E-state index >= 15 is 0 Å². The van der Waals surface area contributed by atoms with Crippen molar-refractivity contribution in [2.75, 3.05) is 0 Å². The summed E-state index contributed by atoms with van der Waals surface area (Å²) in [4.78, 5) is 0. The number of halogens is 1. The van der Waals surface area contributed by atoms with Crippen LogP contribution in [-0.2, 0) is 0 Å². The standard InChI is InChI=1S/C14H12BrN3O/c1-8(16)13-17-18-14(19-13)11-3-2-10-7-12(15)5-4-9(10)6-11/h2-8H,16H2,1H3. The fourth-order valence-corrected chi connectivity index (χ4v) is 2.26. The lowest BCUT2D eigenvalue weighted by Crippen LogP contribution is -2.04. The number of hydrogen-bond donors (Lipinski definition) is 1. The molecule has 0 aliphatic carbocycles. The zero-order valence-electron chi connectivity index (χ0n) is 10.3. The fourth-order valence-electron chi connectivity index (χ4n) is 1.88. The van der Waals surface area contributed by atoms with E-state index in [9.17, 15) is 0 Å². The van der Waals surface area contributed by atoms with Crippen LogP contribution in [0.2, 0.25) is 0 Å². The molecule has 3 rings (SSSR count). The Morgan fingerprint density at radius 2 is 1.84 bits per heavy atom. The summed E-state index contributed by atoms with van der Waals surface area (Å²) in [6, 6.07) is 11.9. The molecule has 1 aromatic heterocycles. The first-order valence-electron chi connectivity index (χ1n) is 5.92. The Hall–Kier alpha value is -1.72. The lowest BCUT2D eigenvalue weighted by atomic mass is 10.1. The molecule has 0 radical (unpaired) electrons. The molecule has 96 valence electrons. The van der Waals surface area contributed by atoms with E-state index in [0.717, 1.165) is 20.8 Å². The van der Waals surface area contributed by atoms with Gasteiger partial charge in [-0.1, -0.05) is 28.1 Å². The Labute approximate surface area is 118 Å². The van der Waals surface area contributed by atoms with Crippen molar-refractivity contribution in [1.82, 2.24) is 10.2 Å². The number of hydrogen-bond acceptors (Lipinski definition) is 4. The maximum atomic E-state index is 5.71. The van der Waals surface area contributed by atoms with Gasteiger partial charge in [-0.25, -0.2) is 0 Å². The molecule has 1 unspecified atom stereocenters. The van der Waals surface area contributed by atoms with Crippen LogP contribution in [0.3, 0.4) is 0 Å². The van der Waals surface area contributed by atoms with E-state index in [2.05, 4.69) is 32.2 Å². The maximum Gasteiger partial charge on any atom is 0.247 e. The largest absolute Gasteiger partial charge is 0.419 e. The number of nitrogens with two attached hydrogens (primary N) is 1. The Morgan fingerprint density at radius 1 is 1.11 bits per heavy atom. The lowest BCUT2D eigenvalue weighted by Gasteiger charge is -2.01. The second-order valence-corrected chi connectivity index (χ2v) is 5.36. The zero-order valence-corrected chi connectivity index (χ0v) is 11.9. The molecule has 0 bridgehead atoms. The van der Waals surface area contributed by atoms with Crippen molar-refractivity contribution in [2.24, 2.45) is 5.73 Å². The molecule has 1 atom stereocenters. The van der Waals surface area contributed by atoms with Gasteiger partial charge >= 0.3 is 0 Å². The van der Waals surface area contributed by atoms with Crippen molar-refractivity contribution in [3.8, 4) is 11.5 Å². The van der Waals surface area contributed by atoms with Crippen molar-refractivity contribution in [1.29, 1.82) is 0 Å². The highest BCUT2D eigenvalue weighted by atomic mass is 79.9. The lowest BCUT2D eigenvalue weighted by molar-refractivity contribution is 0.473. The highest BCUT2D eigenvalue weighted by Crippen LogP contribution is 2.26. The minimum absolute atomic E-state index is 0.252. The van der Waals surface area contributed by atoms with Gasteiger partial charge in [-0.2, -0.15) is 0 Å². The predicted octanol–water partition coefficient (Wildman–Crippen LogP) is 3.67. The third-order valence-electron chi connectivity index (χ3n) is 2.88. The number of nitrogens with zero attached hydrogens (tertiary/aromatic N) is 2. The first-order valence-corrected chi connectivity index (χ1v) is 6.71. The SMILES string of the molecule is CC(N)c1nnc(-c2ccc3cc(Br)ccc3c2)o1. The Bertz CT molecular complexity index is 736. The number of fused-ring (bicyclic) bond motifs is 1. The molecule has 4 nitrogen and oxygen atoms in total. The van der Waals surface area contributed by atoms with Crippen molar-refractivity contribution in [2.45, 2.75) is 13.0 Å². The van der Waals surface area contributed by atoms with Gasteiger partial charge in [0.15, 0.2) is 0 Å². The van der Waals surface area contributed by atoms with E-state index in [1.165, 1.54) is 0 Å². The molecule has 0 amide bonds. The summed E-state index contributed by atoms with van der Waals surface area (Å²) >= 11 is 3.46. The monoisotopic (exact) mass is 317 g/mol. The average molecular weight is 318 g/mol. The minimum atomic E-state index is -0.252. The van der Waals surface area contributed by atoms with Crippen LogP contribution in [0.1, 0.15) is 18.9 Å². The summed E-state index contributed by atoms with van der Waals surface area (Å²) in [5, 5.41) is 10.2. The number of aromatic nitrogens is 2. The van der Waals surface area contributed by atoms with E-state index < -0.39 is 0 Å². The summed E-state index contributed by atoms with van der Waals surface area (Å²) < 4.78 is 6.61. The summed E-state index contributed by atoms with van der Waals surface area (Å²) in [6.45, 7) is 1.81. The van der Waals surface area contributed by atoms with E-state index in [0.29, 0.717) is 11.8 Å². The normalized spacial score (nSPS) is 12.8. The summed E-state index contributed by atoms with van der Waals surface area (Å²) in [5.74, 6) is 0.947. The van der Waals surface area contributed by atoms with E-state index in [1.807, 2.05) is 37.3 Å². The van der Waals surface area contributed by atoms with Gasteiger partial charge in [-0.05, 0) is 42.0 Å². The third kappa shape index (κ3) is 2.39. The minimum Gasteiger partial charge on any atom is -0.419 e. The van der Waals surface area contributed by atoms with Crippen LogP contribution in [0.15, 0.2) is 45.3 Å². The first kappa shape index (κ1) is 12.3. The average Bonchev–Trinajstić information content (AvgIpc) is 2.88. The molecule has 3 aromatic rings. The molecular weight excluding hydrogens is 306 g/mol. The Kier molecular flexibility index (Phi) is 3.08. The van der Waals surface area contributed by atoms with Gasteiger partial charge in [0.25, 0.3) is 0 Å². The Morgan fingerprint density at radius 3 is 2.58 bits per heavy atom. The summed E-state index contributed by atoms with van der Waals surface area (Å²) in [7, 11) is 0. The van der Waals surface area contributed by atoms with E-state index in [-0.39, 0.29) is 6.04 Å². The van der Waals surface area contributed by atoms with Gasteiger partial charge < -0.3 is 10.2 Å². The van der Waals surface area contributed by atoms with Crippen LogP contribution in [0.4, 0.5) is 0 Å². The topological polar surface area (TPSA) is 64.9 Å². The molecule has 0 saturated carbocycles.